The maximum atomic E-state index is 11.0. The van der Waals surface area contributed by atoms with Crippen LogP contribution in [0.3, 0.4) is 0 Å². The van der Waals surface area contributed by atoms with Crippen molar-refractivity contribution in [3.63, 3.8) is 0 Å². The third-order valence-corrected chi connectivity index (χ3v) is 3.61. The van der Waals surface area contributed by atoms with Crippen molar-refractivity contribution < 1.29 is 9.90 Å². The van der Waals surface area contributed by atoms with E-state index in [9.17, 15) is 4.79 Å². The SMILES string of the molecule is CNC(C(=O)O)c1ccc2c(c1)SCCN2. The van der Waals surface area contributed by atoms with Crippen LogP contribution in [0.15, 0.2) is 23.1 Å². The van der Waals surface area contributed by atoms with Crippen LogP contribution >= 0.6 is 11.8 Å². The molecule has 3 N–H and O–H groups in total. The van der Waals surface area contributed by atoms with Crippen LogP contribution in [0.25, 0.3) is 0 Å². The summed E-state index contributed by atoms with van der Waals surface area (Å²) in [6, 6.07) is 5.12. The first-order chi connectivity index (χ1) is 7.72. The highest BCUT2D eigenvalue weighted by atomic mass is 32.2. The Balaban J connectivity index is 2.32. The predicted molar refractivity (Wildman–Crippen MR) is 65.1 cm³/mol. The maximum Gasteiger partial charge on any atom is 0.325 e. The lowest BCUT2D eigenvalue weighted by atomic mass is 10.1. The van der Waals surface area contributed by atoms with Gasteiger partial charge in [0.25, 0.3) is 0 Å². The minimum atomic E-state index is -0.851. The van der Waals surface area contributed by atoms with E-state index in [0.29, 0.717) is 0 Å². The summed E-state index contributed by atoms with van der Waals surface area (Å²) < 4.78 is 0. The number of rotatable bonds is 3. The second-order valence-corrected chi connectivity index (χ2v) is 4.73. The first-order valence-corrected chi connectivity index (χ1v) is 6.11. The normalized spacial score (nSPS) is 16.1. The van der Waals surface area contributed by atoms with Gasteiger partial charge in [0.15, 0.2) is 0 Å². The molecule has 1 aliphatic heterocycles. The van der Waals surface area contributed by atoms with Gasteiger partial charge >= 0.3 is 5.97 Å². The van der Waals surface area contributed by atoms with Crippen molar-refractivity contribution in [1.29, 1.82) is 0 Å². The molecule has 0 radical (unpaired) electrons. The van der Waals surface area contributed by atoms with E-state index in [1.54, 1.807) is 18.8 Å². The van der Waals surface area contributed by atoms with Gasteiger partial charge in [-0.15, -0.1) is 11.8 Å². The molecule has 0 aromatic heterocycles. The molecule has 0 saturated heterocycles. The first kappa shape index (κ1) is 11.3. The predicted octanol–water partition coefficient (Wildman–Crippen LogP) is 1.55. The fourth-order valence-corrected chi connectivity index (χ4v) is 2.70. The van der Waals surface area contributed by atoms with Crippen LogP contribution < -0.4 is 10.6 Å². The number of carboxylic acids is 1. The van der Waals surface area contributed by atoms with Gasteiger partial charge in [0.05, 0.1) is 0 Å². The lowest BCUT2D eigenvalue weighted by molar-refractivity contribution is -0.139. The van der Waals surface area contributed by atoms with E-state index in [1.165, 1.54) is 0 Å². The van der Waals surface area contributed by atoms with Crippen molar-refractivity contribution in [3.8, 4) is 0 Å². The fraction of sp³-hybridized carbons (Fsp3) is 0.364. The lowest BCUT2D eigenvalue weighted by Gasteiger charge is -2.20. The van der Waals surface area contributed by atoms with E-state index in [2.05, 4.69) is 10.6 Å². The first-order valence-electron chi connectivity index (χ1n) is 5.13. The number of aliphatic carboxylic acids is 1. The van der Waals surface area contributed by atoms with Crippen LogP contribution in [0.4, 0.5) is 5.69 Å². The molecule has 4 nitrogen and oxygen atoms in total. The third-order valence-electron chi connectivity index (χ3n) is 2.55. The van der Waals surface area contributed by atoms with Crippen molar-refractivity contribution in [2.45, 2.75) is 10.9 Å². The van der Waals surface area contributed by atoms with Gasteiger partial charge in [0, 0.05) is 22.9 Å². The Morgan fingerprint density at radius 3 is 3.12 bits per heavy atom. The summed E-state index contributed by atoms with van der Waals surface area (Å²) in [6.45, 7) is 0.964. The van der Waals surface area contributed by atoms with Gasteiger partial charge in [-0.05, 0) is 24.7 Å². The molecule has 1 heterocycles. The van der Waals surface area contributed by atoms with Gasteiger partial charge in [-0.3, -0.25) is 4.79 Å². The van der Waals surface area contributed by atoms with E-state index >= 15 is 0 Å². The number of nitrogens with one attached hydrogen (secondary N) is 2. The second-order valence-electron chi connectivity index (χ2n) is 3.59. The largest absolute Gasteiger partial charge is 0.480 e. The molecule has 1 aromatic rings. The van der Waals surface area contributed by atoms with Crippen molar-refractivity contribution in [3.05, 3.63) is 23.8 Å². The number of likely N-dealkylation sites (N-methyl/N-ethyl adjacent to an activating group) is 1. The highest BCUT2D eigenvalue weighted by Gasteiger charge is 2.19. The van der Waals surface area contributed by atoms with Crippen molar-refractivity contribution in [2.24, 2.45) is 0 Å². The minimum absolute atomic E-state index is 0.632. The standard InChI is InChI=1S/C11H14N2O2S/c1-12-10(11(14)15)7-2-3-8-9(6-7)16-5-4-13-8/h2-3,6,10,12-13H,4-5H2,1H3,(H,14,15). The third kappa shape index (κ3) is 2.15. The molecule has 1 aliphatic rings. The van der Waals surface area contributed by atoms with Gasteiger partial charge < -0.3 is 15.7 Å². The van der Waals surface area contributed by atoms with Crippen molar-refractivity contribution in [2.75, 3.05) is 24.7 Å². The van der Waals surface area contributed by atoms with E-state index < -0.39 is 12.0 Å². The Morgan fingerprint density at radius 2 is 2.44 bits per heavy atom. The molecule has 86 valence electrons. The van der Waals surface area contributed by atoms with E-state index in [-0.39, 0.29) is 0 Å². The Labute approximate surface area is 98.4 Å². The zero-order valence-electron chi connectivity index (χ0n) is 8.99. The summed E-state index contributed by atoms with van der Waals surface area (Å²) in [7, 11) is 1.66. The monoisotopic (exact) mass is 238 g/mol. The number of thioether (sulfide) groups is 1. The Bertz CT molecular complexity index is 409. The Kier molecular flexibility index (Phi) is 3.36. The Hall–Kier alpha value is -1.20. The molecule has 16 heavy (non-hydrogen) atoms. The van der Waals surface area contributed by atoms with Crippen LogP contribution in [0.2, 0.25) is 0 Å². The fourth-order valence-electron chi connectivity index (χ4n) is 1.76. The summed E-state index contributed by atoms with van der Waals surface area (Å²) >= 11 is 1.76. The topological polar surface area (TPSA) is 61.4 Å². The molecule has 0 bridgehead atoms. The highest BCUT2D eigenvalue weighted by molar-refractivity contribution is 7.99. The molecule has 1 atom stereocenters. The summed E-state index contributed by atoms with van der Waals surface area (Å²) in [6.07, 6.45) is 0. The summed E-state index contributed by atoms with van der Waals surface area (Å²) in [5.74, 6) is 0.171. The number of carbonyl (C=O) groups is 1. The number of benzene rings is 1. The maximum absolute atomic E-state index is 11.0. The molecule has 2 rings (SSSR count). The van der Waals surface area contributed by atoms with Gasteiger partial charge in [-0.2, -0.15) is 0 Å². The average molecular weight is 238 g/mol. The number of hydrogen-bond donors (Lipinski definition) is 3. The van der Waals surface area contributed by atoms with E-state index in [4.69, 9.17) is 5.11 Å². The van der Waals surface area contributed by atoms with Gasteiger partial charge in [0.2, 0.25) is 0 Å². The molecule has 0 saturated carbocycles. The zero-order valence-corrected chi connectivity index (χ0v) is 9.80. The minimum Gasteiger partial charge on any atom is -0.480 e. The van der Waals surface area contributed by atoms with Crippen LogP contribution in [0, 0.1) is 0 Å². The van der Waals surface area contributed by atoms with Gasteiger partial charge in [-0.25, -0.2) is 0 Å². The molecule has 0 amide bonds. The van der Waals surface area contributed by atoms with Crippen molar-refractivity contribution >= 4 is 23.4 Å². The molecule has 5 heteroatoms. The van der Waals surface area contributed by atoms with Crippen LogP contribution in [-0.2, 0) is 4.79 Å². The number of fused-ring (bicyclic) bond motifs is 1. The van der Waals surface area contributed by atoms with Crippen LogP contribution in [0.5, 0.6) is 0 Å². The molecular formula is C11H14N2O2S. The number of anilines is 1. The number of hydrogen-bond acceptors (Lipinski definition) is 4. The molecule has 0 aliphatic carbocycles. The molecule has 1 aromatic carbocycles. The summed E-state index contributed by atoms with van der Waals surface area (Å²) in [5.41, 5.74) is 1.89. The molecule has 0 spiro atoms. The van der Waals surface area contributed by atoms with Gasteiger partial charge in [0.1, 0.15) is 6.04 Å². The van der Waals surface area contributed by atoms with E-state index in [0.717, 1.165) is 28.4 Å². The number of carboxylic acid groups (broad SMARTS) is 1. The molecule has 0 fully saturated rings. The van der Waals surface area contributed by atoms with Gasteiger partial charge in [-0.1, -0.05) is 6.07 Å². The van der Waals surface area contributed by atoms with E-state index in [1.807, 2.05) is 18.2 Å². The molecular weight excluding hydrogens is 224 g/mol. The Morgan fingerprint density at radius 1 is 1.62 bits per heavy atom. The van der Waals surface area contributed by atoms with Crippen molar-refractivity contribution in [1.82, 2.24) is 5.32 Å². The zero-order chi connectivity index (χ0) is 11.5. The lowest BCUT2D eigenvalue weighted by Crippen LogP contribution is -2.25. The highest BCUT2D eigenvalue weighted by Crippen LogP contribution is 2.32. The quantitative estimate of drug-likeness (QED) is 0.746. The summed E-state index contributed by atoms with van der Waals surface area (Å²) in [5, 5.41) is 15.1. The summed E-state index contributed by atoms with van der Waals surface area (Å²) in [4.78, 5) is 12.1. The average Bonchev–Trinajstić information content (AvgIpc) is 2.29. The van der Waals surface area contributed by atoms with Crippen LogP contribution in [0.1, 0.15) is 11.6 Å². The van der Waals surface area contributed by atoms with Crippen LogP contribution in [-0.4, -0.2) is 30.4 Å². The second kappa shape index (κ2) is 4.76. The smallest absolute Gasteiger partial charge is 0.325 e. The molecule has 1 unspecified atom stereocenters.